The second-order valence-corrected chi connectivity index (χ2v) is 6.64. The molecule has 1 N–H and O–H groups in total. The molecule has 1 heterocycles. The molecule has 0 bridgehead atoms. The second kappa shape index (κ2) is 6.56. The number of hydrogen-bond donors (Lipinski definition) is 1. The predicted molar refractivity (Wildman–Crippen MR) is 80.7 cm³/mol. The van der Waals surface area contributed by atoms with Crippen LogP contribution in [0, 0.1) is 0 Å². The monoisotopic (exact) mass is 333 g/mol. The van der Waals surface area contributed by atoms with Crippen molar-refractivity contribution >= 4 is 57.3 Å². The van der Waals surface area contributed by atoms with Gasteiger partial charge in [0, 0.05) is 0 Å². The summed E-state index contributed by atoms with van der Waals surface area (Å²) in [4.78, 5) is 12.0. The first-order valence-corrected chi connectivity index (χ1v) is 7.89. The summed E-state index contributed by atoms with van der Waals surface area (Å²) >= 11 is 14.7. The highest BCUT2D eigenvalue weighted by molar-refractivity contribution is 8.01. The van der Waals surface area contributed by atoms with Crippen molar-refractivity contribution in [3.63, 3.8) is 0 Å². The van der Waals surface area contributed by atoms with Crippen molar-refractivity contribution in [1.82, 2.24) is 10.2 Å². The standard InChI is InChI=1S/C11H9Cl2N3OS2/c1-2-18-11-16-15-10(19-11)14-9(17)6-4-3-5-7(12)8(6)13/h3-5H,2H2,1H3,(H,14,15,17). The van der Waals surface area contributed by atoms with Gasteiger partial charge in [-0.3, -0.25) is 10.1 Å². The van der Waals surface area contributed by atoms with Gasteiger partial charge in [-0.1, -0.05) is 59.3 Å². The maximum atomic E-state index is 12.0. The van der Waals surface area contributed by atoms with E-state index in [1.165, 1.54) is 11.3 Å². The van der Waals surface area contributed by atoms with Crippen LogP contribution in [0.4, 0.5) is 5.13 Å². The van der Waals surface area contributed by atoms with E-state index in [1.807, 2.05) is 6.92 Å². The zero-order valence-electron chi connectivity index (χ0n) is 9.81. The molecular formula is C11H9Cl2N3OS2. The molecule has 4 nitrogen and oxygen atoms in total. The molecule has 2 rings (SSSR count). The third-order valence-electron chi connectivity index (χ3n) is 2.09. The van der Waals surface area contributed by atoms with Crippen molar-refractivity contribution in [2.45, 2.75) is 11.3 Å². The molecule has 100 valence electrons. The maximum Gasteiger partial charge on any atom is 0.259 e. The molecule has 1 aromatic heterocycles. The Morgan fingerprint density at radius 1 is 1.42 bits per heavy atom. The minimum atomic E-state index is -0.350. The first-order valence-electron chi connectivity index (χ1n) is 5.33. The number of aromatic nitrogens is 2. The molecule has 1 amide bonds. The Bertz CT molecular complexity index is 603. The summed E-state index contributed by atoms with van der Waals surface area (Å²) < 4.78 is 0.815. The second-order valence-electron chi connectivity index (χ2n) is 3.36. The highest BCUT2D eigenvalue weighted by Crippen LogP contribution is 2.28. The quantitative estimate of drug-likeness (QED) is 0.672. The molecule has 0 spiro atoms. The van der Waals surface area contributed by atoms with Crippen LogP contribution in [0.1, 0.15) is 17.3 Å². The maximum absolute atomic E-state index is 12.0. The normalized spacial score (nSPS) is 10.5. The molecule has 0 aliphatic rings. The Morgan fingerprint density at radius 2 is 2.21 bits per heavy atom. The van der Waals surface area contributed by atoms with E-state index in [9.17, 15) is 4.79 Å². The summed E-state index contributed by atoms with van der Waals surface area (Å²) in [7, 11) is 0. The number of amides is 1. The van der Waals surface area contributed by atoms with Crippen LogP contribution in [-0.2, 0) is 0 Å². The van der Waals surface area contributed by atoms with Crippen molar-refractivity contribution in [3.8, 4) is 0 Å². The topological polar surface area (TPSA) is 54.9 Å². The molecule has 1 aromatic carbocycles. The number of hydrogen-bond acceptors (Lipinski definition) is 5. The third-order valence-corrected chi connectivity index (χ3v) is 4.76. The van der Waals surface area contributed by atoms with Crippen molar-refractivity contribution < 1.29 is 4.79 Å². The number of thioether (sulfide) groups is 1. The van der Waals surface area contributed by atoms with Crippen LogP contribution in [0.3, 0.4) is 0 Å². The number of rotatable bonds is 4. The van der Waals surface area contributed by atoms with Crippen LogP contribution >= 0.6 is 46.3 Å². The molecule has 0 aliphatic heterocycles. The number of carbonyl (C=O) groups excluding carboxylic acids is 1. The third kappa shape index (κ3) is 3.60. The van der Waals surface area contributed by atoms with E-state index in [0.29, 0.717) is 15.7 Å². The lowest BCUT2D eigenvalue weighted by Gasteiger charge is -2.04. The van der Waals surface area contributed by atoms with Gasteiger partial charge in [-0.25, -0.2) is 0 Å². The summed E-state index contributed by atoms with van der Waals surface area (Å²) in [5, 5.41) is 11.5. The van der Waals surface area contributed by atoms with E-state index >= 15 is 0 Å². The van der Waals surface area contributed by atoms with E-state index in [-0.39, 0.29) is 10.9 Å². The summed E-state index contributed by atoms with van der Waals surface area (Å²) in [6.45, 7) is 2.02. The van der Waals surface area contributed by atoms with Gasteiger partial charge in [0.1, 0.15) is 0 Å². The summed E-state index contributed by atoms with van der Waals surface area (Å²) in [5.41, 5.74) is 0.314. The Morgan fingerprint density at radius 3 is 2.95 bits per heavy atom. The highest BCUT2D eigenvalue weighted by Gasteiger charge is 2.14. The van der Waals surface area contributed by atoms with Crippen LogP contribution in [-0.4, -0.2) is 21.9 Å². The zero-order chi connectivity index (χ0) is 13.8. The average molecular weight is 334 g/mol. The fraction of sp³-hybridized carbons (Fsp3) is 0.182. The van der Waals surface area contributed by atoms with Gasteiger partial charge in [0.15, 0.2) is 4.34 Å². The van der Waals surface area contributed by atoms with E-state index in [2.05, 4.69) is 15.5 Å². The number of benzene rings is 1. The fourth-order valence-electron chi connectivity index (χ4n) is 1.29. The van der Waals surface area contributed by atoms with Crippen molar-refractivity contribution in [3.05, 3.63) is 33.8 Å². The molecule has 0 atom stereocenters. The van der Waals surface area contributed by atoms with Crippen molar-refractivity contribution in [2.75, 3.05) is 11.1 Å². The number of anilines is 1. The number of nitrogens with zero attached hydrogens (tertiary/aromatic N) is 2. The van der Waals surface area contributed by atoms with Crippen LogP contribution in [0.15, 0.2) is 22.5 Å². The lowest BCUT2D eigenvalue weighted by molar-refractivity contribution is 0.102. The Balaban J connectivity index is 2.14. The number of halogens is 2. The fourth-order valence-corrected chi connectivity index (χ4v) is 3.32. The number of nitrogens with one attached hydrogen (secondary N) is 1. The first-order chi connectivity index (χ1) is 9.11. The van der Waals surface area contributed by atoms with E-state index < -0.39 is 0 Å². The molecule has 0 saturated heterocycles. The lowest BCUT2D eigenvalue weighted by Crippen LogP contribution is -2.12. The molecule has 0 saturated carbocycles. The van der Waals surface area contributed by atoms with Crippen molar-refractivity contribution in [1.29, 1.82) is 0 Å². The molecule has 19 heavy (non-hydrogen) atoms. The molecule has 0 aliphatic carbocycles. The van der Waals surface area contributed by atoms with Gasteiger partial charge in [-0.15, -0.1) is 10.2 Å². The molecule has 8 heteroatoms. The van der Waals surface area contributed by atoms with Gasteiger partial charge in [-0.05, 0) is 17.9 Å². The van der Waals surface area contributed by atoms with Gasteiger partial charge in [0.25, 0.3) is 5.91 Å². The van der Waals surface area contributed by atoms with Gasteiger partial charge in [-0.2, -0.15) is 0 Å². The van der Waals surface area contributed by atoms with Crippen LogP contribution < -0.4 is 5.32 Å². The van der Waals surface area contributed by atoms with Crippen LogP contribution in [0.5, 0.6) is 0 Å². The predicted octanol–water partition coefficient (Wildman–Crippen LogP) is 4.21. The molecule has 0 unspecified atom stereocenters. The Hall–Kier alpha value is -0.820. The van der Waals surface area contributed by atoms with Gasteiger partial charge in [0.2, 0.25) is 5.13 Å². The zero-order valence-corrected chi connectivity index (χ0v) is 13.0. The Labute approximate surface area is 128 Å². The molecular weight excluding hydrogens is 325 g/mol. The number of carbonyl (C=O) groups is 1. The van der Waals surface area contributed by atoms with E-state index in [1.54, 1.807) is 30.0 Å². The minimum Gasteiger partial charge on any atom is -0.296 e. The SMILES string of the molecule is CCSc1nnc(NC(=O)c2cccc(Cl)c2Cl)s1. The summed E-state index contributed by atoms with van der Waals surface area (Å²) in [6, 6.07) is 4.90. The molecule has 2 aromatic rings. The van der Waals surface area contributed by atoms with E-state index in [0.717, 1.165) is 10.1 Å². The van der Waals surface area contributed by atoms with Gasteiger partial charge < -0.3 is 0 Å². The minimum absolute atomic E-state index is 0.231. The Kier molecular flexibility index (Phi) is 5.04. The van der Waals surface area contributed by atoms with Crippen LogP contribution in [0.25, 0.3) is 0 Å². The van der Waals surface area contributed by atoms with Crippen LogP contribution in [0.2, 0.25) is 10.0 Å². The summed E-state index contributed by atoms with van der Waals surface area (Å²) in [6.07, 6.45) is 0. The van der Waals surface area contributed by atoms with Gasteiger partial charge in [0.05, 0.1) is 15.6 Å². The molecule has 0 fully saturated rings. The van der Waals surface area contributed by atoms with E-state index in [4.69, 9.17) is 23.2 Å². The lowest BCUT2D eigenvalue weighted by atomic mass is 10.2. The van der Waals surface area contributed by atoms with Crippen molar-refractivity contribution in [2.24, 2.45) is 0 Å². The first kappa shape index (κ1) is 14.6. The summed E-state index contributed by atoms with van der Waals surface area (Å²) in [5.74, 6) is 0.555. The molecule has 0 radical (unpaired) electrons. The average Bonchev–Trinajstić information content (AvgIpc) is 2.80. The highest BCUT2D eigenvalue weighted by atomic mass is 35.5. The van der Waals surface area contributed by atoms with Gasteiger partial charge >= 0.3 is 0 Å². The largest absolute Gasteiger partial charge is 0.296 e. The smallest absolute Gasteiger partial charge is 0.259 e.